The number of rotatable bonds is 5. The Kier molecular flexibility index (Phi) is 5.48. The molecule has 1 atom stereocenters. The fourth-order valence-electron chi connectivity index (χ4n) is 4.94. The Morgan fingerprint density at radius 3 is 2.55 bits per heavy atom. The molecule has 1 aromatic rings. The number of hydrogen-bond donors (Lipinski definition) is 1. The molecule has 156 valence electrons. The van der Waals surface area contributed by atoms with E-state index in [-0.39, 0.29) is 23.8 Å². The van der Waals surface area contributed by atoms with Gasteiger partial charge in [-0.05, 0) is 18.9 Å². The quantitative estimate of drug-likeness (QED) is 0.772. The molecule has 0 aromatic heterocycles. The van der Waals surface area contributed by atoms with E-state index < -0.39 is 5.54 Å². The zero-order valence-corrected chi connectivity index (χ0v) is 17.0. The first-order valence-corrected chi connectivity index (χ1v) is 10.6. The number of carbonyl (C=O) groups excluding carboxylic acids is 3. The molecule has 4 rings (SSSR count). The minimum absolute atomic E-state index is 0.0344. The van der Waals surface area contributed by atoms with Crippen molar-refractivity contribution in [2.45, 2.75) is 57.0 Å². The molecular weight excluding hydrogens is 370 g/mol. The van der Waals surface area contributed by atoms with E-state index in [1.165, 1.54) is 4.90 Å². The zero-order chi connectivity index (χ0) is 20.4. The van der Waals surface area contributed by atoms with Crippen molar-refractivity contribution in [1.82, 2.24) is 15.1 Å². The molecule has 2 heterocycles. The van der Waals surface area contributed by atoms with Crippen LogP contribution in [0.4, 0.5) is 4.79 Å². The Hall–Kier alpha value is -2.57. The van der Waals surface area contributed by atoms with Crippen LogP contribution in [0.5, 0.6) is 5.75 Å². The van der Waals surface area contributed by atoms with E-state index >= 15 is 0 Å². The third kappa shape index (κ3) is 3.82. The maximum atomic E-state index is 13.1. The number of nitrogens with zero attached hydrogens (tertiary/aromatic N) is 2. The van der Waals surface area contributed by atoms with Crippen LogP contribution in [-0.4, -0.2) is 53.4 Å². The molecule has 1 unspecified atom stereocenters. The summed E-state index contributed by atoms with van der Waals surface area (Å²) in [6.07, 6.45) is 5.96. The first-order chi connectivity index (χ1) is 14.0. The summed E-state index contributed by atoms with van der Waals surface area (Å²) < 4.78 is 5.38. The lowest BCUT2D eigenvalue weighted by atomic mass is 9.90. The van der Waals surface area contributed by atoms with Crippen molar-refractivity contribution in [1.29, 1.82) is 0 Å². The number of para-hydroxylation sites is 1. The molecule has 1 aromatic carbocycles. The topological polar surface area (TPSA) is 79.0 Å². The van der Waals surface area contributed by atoms with E-state index in [2.05, 4.69) is 5.32 Å². The lowest BCUT2D eigenvalue weighted by Crippen LogP contribution is -2.46. The summed E-state index contributed by atoms with van der Waals surface area (Å²) in [6, 6.07) is 7.36. The smallest absolute Gasteiger partial charge is 0.325 e. The molecule has 7 heteroatoms. The summed E-state index contributed by atoms with van der Waals surface area (Å²) in [5, 5.41) is 2.98. The van der Waals surface area contributed by atoms with E-state index in [4.69, 9.17) is 4.74 Å². The normalized spacial score (nSPS) is 24.2. The third-order valence-electron chi connectivity index (χ3n) is 6.49. The minimum atomic E-state index is -0.715. The number of likely N-dealkylation sites (tertiary alicyclic amines) is 1. The summed E-state index contributed by atoms with van der Waals surface area (Å²) in [4.78, 5) is 41.4. The summed E-state index contributed by atoms with van der Waals surface area (Å²) in [6.45, 7) is 1.32. The molecule has 2 aliphatic heterocycles. The molecule has 3 fully saturated rings. The van der Waals surface area contributed by atoms with Crippen molar-refractivity contribution in [2.24, 2.45) is 5.92 Å². The maximum Gasteiger partial charge on any atom is 0.325 e. The first kappa shape index (κ1) is 19.7. The van der Waals surface area contributed by atoms with Gasteiger partial charge in [0.05, 0.1) is 7.11 Å². The van der Waals surface area contributed by atoms with E-state index in [0.29, 0.717) is 26.1 Å². The predicted octanol–water partition coefficient (Wildman–Crippen LogP) is 2.69. The number of benzene rings is 1. The second-order valence-electron chi connectivity index (χ2n) is 8.50. The second kappa shape index (κ2) is 8.05. The highest BCUT2D eigenvalue weighted by Crippen LogP contribution is 2.34. The van der Waals surface area contributed by atoms with E-state index in [0.717, 1.165) is 49.8 Å². The number of carbonyl (C=O) groups is 3. The molecular formula is C22H29N3O4. The Balaban J connectivity index is 1.41. The molecule has 1 N–H and O–H groups in total. The number of nitrogens with one attached hydrogen (secondary N) is 1. The van der Waals surface area contributed by atoms with Gasteiger partial charge in [0.2, 0.25) is 5.91 Å². The second-order valence-corrected chi connectivity index (χ2v) is 8.50. The van der Waals surface area contributed by atoms with Crippen LogP contribution in [0.1, 0.15) is 50.5 Å². The summed E-state index contributed by atoms with van der Waals surface area (Å²) >= 11 is 0. The maximum absolute atomic E-state index is 13.1. The van der Waals surface area contributed by atoms with Crippen LogP contribution in [0.25, 0.3) is 0 Å². The van der Waals surface area contributed by atoms with Gasteiger partial charge in [0, 0.05) is 37.5 Å². The third-order valence-corrected chi connectivity index (χ3v) is 6.49. The molecule has 4 amide bonds. The number of imide groups is 1. The van der Waals surface area contributed by atoms with Crippen molar-refractivity contribution >= 4 is 17.8 Å². The Morgan fingerprint density at radius 2 is 1.83 bits per heavy atom. The number of ether oxygens (including phenoxy) is 1. The van der Waals surface area contributed by atoms with Crippen LogP contribution in [0.15, 0.2) is 24.3 Å². The molecule has 1 spiro atoms. The molecule has 29 heavy (non-hydrogen) atoms. The van der Waals surface area contributed by atoms with Crippen LogP contribution in [0.2, 0.25) is 0 Å². The standard InChI is InChI=1S/C22H29N3O4/c1-29-18-9-5-4-8-17(18)15-24-13-16(12-19(24)26)14-25-20(27)22(23-21(25)28)10-6-2-3-7-11-22/h4-5,8-9,16H,2-3,6-7,10-15H2,1H3,(H,23,28). The predicted molar refractivity (Wildman–Crippen MR) is 107 cm³/mol. The molecule has 0 radical (unpaired) electrons. The molecule has 7 nitrogen and oxygen atoms in total. The lowest BCUT2D eigenvalue weighted by Gasteiger charge is -2.25. The van der Waals surface area contributed by atoms with Gasteiger partial charge in [0.1, 0.15) is 11.3 Å². The molecule has 1 aliphatic carbocycles. The molecule has 1 saturated carbocycles. The lowest BCUT2D eigenvalue weighted by molar-refractivity contribution is -0.132. The molecule has 2 saturated heterocycles. The van der Waals surface area contributed by atoms with E-state index in [1.807, 2.05) is 24.3 Å². The van der Waals surface area contributed by atoms with Gasteiger partial charge in [-0.15, -0.1) is 0 Å². The number of hydrogen-bond acceptors (Lipinski definition) is 4. The largest absolute Gasteiger partial charge is 0.496 e. The van der Waals surface area contributed by atoms with Crippen molar-refractivity contribution in [2.75, 3.05) is 20.2 Å². The van der Waals surface area contributed by atoms with Crippen LogP contribution >= 0.6 is 0 Å². The fraction of sp³-hybridized carbons (Fsp3) is 0.591. The summed E-state index contributed by atoms with van der Waals surface area (Å²) in [7, 11) is 1.62. The van der Waals surface area contributed by atoms with Crippen molar-refractivity contribution in [3.63, 3.8) is 0 Å². The van der Waals surface area contributed by atoms with Crippen molar-refractivity contribution < 1.29 is 19.1 Å². The van der Waals surface area contributed by atoms with Gasteiger partial charge < -0.3 is 15.0 Å². The fourth-order valence-corrected chi connectivity index (χ4v) is 4.94. The van der Waals surface area contributed by atoms with Crippen LogP contribution in [-0.2, 0) is 16.1 Å². The van der Waals surface area contributed by atoms with Crippen LogP contribution in [0.3, 0.4) is 0 Å². The van der Waals surface area contributed by atoms with Gasteiger partial charge in [-0.3, -0.25) is 14.5 Å². The minimum Gasteiger partial charge on any atom is -0.496 e. The Bertz CT molecular complexity index is 801. The van der Waals surface area contributed by atoms with Gasteiger partial charge in [0.25, 0.3) is 5.91 Å². The number of methoxy groups -OCH3 is 1. The van der Waals surface area contributed by atoms with E-state index in [9.17, 15) is 14.4 Å². The SMILES string of the molecule is COc1ccccc1CN1CC(CN2C(=O)NC3(CCCCCC3)C2=O)CC1=O. The summed E-state index contributed by atoms with van der Waals surface area (Å²) in [5.74, 6) is 0.679. The van der Waals surface area contributed by atoms with Crippen LogP contribution in [0, 0.1) is 5.92 Å². The number of amides is 4. The monoisotopic (exact) mass is 399 g/mol. The van der Waals surface area contributed by atoms with Crippen molar-refractivity contribution in [3.8, 4) is 5.75 Å². The average molecular weight is 399 g/mol. The summed E-state index contributed by atoms with van der Waals surface area (Å²) in [5.41, 5.74) is 0.240. The Morgan fingerprint density at radius 1 is 1.10 bits per heavy atom. The van der Waals surface area contributed by atoms with Gasteiger partial charge in [-0.25, -0.2) is 4.79 Å². The van der Waals surface area contributed by atoms with Gasteiger partial charge in [0.15, 0.2) is 0 Å². The molecule has 0 bridgehead atoms. The molecule has 3 aliphatic rings. The Labute approximate surface area is 171 Å². The number of urea groups is 1. The van der Waals surface area contributed by atoms with Gasteiger partial charge in [-0.1, -0.05) is 43.9 Å². The van der Waals surface area contributed by atoms with Gasteiger partial charge in [-0.2, -0.15) is 0 Å². The van der Waals surface area contributed by atoms with E-state index in [1.54, 1.807) is 12.0 Å². The average Bonchev–Trinajstić information content (AvgIpc) is 3.04. The van der Waals surface area contributed by atoms with Crippen molar-refractivity contribution in [3.05, 3.63) is 29.8 Å². The zero-order valence-electron chi connectivity index (χ0n) is 17.0. The first-order valence-electron chi connectivity index (χ1n) is 10.6. The van der Waals surface area contributed by atoms with Crippen LogP contribution < -0.4 is 10.1 Å². The highest BCUT2D eigenvalue weighted by molar-refractivity contribution is 6.07. The highest BCUT2D eigenvalue weighted by Gasteiger charge is 2.51. The van der Waals surface area contributed by atoms with Gasteiger partial charge >= 0.3 is 6.03 Å². The highest BCUT2D eigenvalue weighted by atomic mass is 16.5.